The Morgan fingerprint density at radius 2 is 1.95 bits per heavy atom. The van der Waals surface area contributed by atoms with E-state index >= 15 is 0 Å². The second-order valence-corrected chi connectivity index (χ2v) is 5.92. The van der Waals surface area contributed by atoms with Gasteiger partial charge in [-0.15, -0.1) is 0 Å². The number of nitrogens with zero attached hydrogens (tertiary/aromatic N) is 2. The fourth-order valence-electron chi connectivity index (χ4n) is 1.62. The van der Waals surface area contributed by atoms with Gasteiger partial charge in [0, 0.05) is 32.6 Å². The number of sulfonamides is 1. The first kappa shape index (κ1) is 14.5. The van der Waals surface area contributed by atoms with Crippen molar-refractivity contribution in [3.8, 4) is 0 Å². The molecule has 108 valence electrons. The second-order valence-electron chi connectivity index (χ2n) is 4.15. The molecule has 0 unspecified atom stereocenters. The van der Waals surface area contributed by atoms with Gasteiger partial charge >= 0.3 is 0 Å². The maximum Gasteiger partial charge on any atom is 0.240 e. The topological polar surface area (TPSA) is 97.1 Å². The Bertz CT molecular complexity index is 664. The molecule has 0 aliphatic heterocycles. The quantitative estimate of drug-likeness (QED) is 0.823. The van der Waals surface area contributed by atoms with Gasteiger partial charge in [0.2, 0.25) is 15.9 Å². The normalized spacial score (nSPS) is 11.5. The summed E-state index contributed by atoms with van der Waals surface area (Å²) in [4.78, 5) is 4.23. The van der Waals surface area contributed by atoms with Gasteiger partial charge < -0.3 is 9.84 Å². The van der Waals surface area contributed by atoms with Crippen LogP contribution in [0.5, 0.6) is 0 Å². The number of aryl methyl sites for hydroxylation is 1. The highest BCUT2D eigenvalue weighted by Crippen LogP contribution is 2.13. The summed E-state index contributed by atoms with van der Waals surface area (Å²) in [6, 6.07) is 6.51. The van der Waals surface area contributed by atoms with Crippen molar-refractivity contribution in [3.05, 3.63) is 36.0 Å². The van der Waals surface area contributed by atoms with Crippen LogP contribution in [-0.2, 0) is 16.4 Å². The Kier molecular flexibility index (Phi) is 4.35. The van der Waals surface area contributed by atoms with Gasteiger partial charge in [-0.2, -0.15) is 4.98 Å². The first-order chi connectivity index (χ1) is 9.51. The molecule has 1 aromatic heterocycles. The molecule has 2 aromatic rings. The summed E-state index contributed by atoms with van der Waals surface area (Å²) in [7, 11) is -1.74. The molecule has 0 atom stereocenters. The molecule has 2 rings (SSSR count). The Labute approximate surface area is 117 Å². The van der Waals surface area contributed by atoms with Gasteiger partial charge in [0.25, 0.3) is 0 Å². The van der Waals surface area contributed by atoms with Crippen molar-refractivity contribution in [2.24, 2.45) is 0 Å². The third-order valence-corrected chi connectivity index (χ3v) is 4.14. The van der Waals surface area contributed by atoms with E-state index in [-0.39, 0.29) is 11.4 Å². The van der Waals surface area contributed by atoms with E-state index in [1.165, 1.54) is 0 Å². The molecule has 1 heterocycles. The Morgan fingerprint density at radius 1 is 1.25 bits per heavy atom. The van der Waals surface area contributed by atoms with Crippen molar-refractivity contribution in [1.29, 1.82) is 0 Å². The summed E-state index contributed by atoms with van der Waals surface area (Å²) in [5.41, 5.74) is 0.853. The summed E-state index contributed by atoms with van der Waals surface area (Å²) >= 11 is 0. The van der Waals surface area contributed by atoms with Crippen molar-refractivity contribution < 1.29 is 12.9 Å². The predicted molar refractivity (Wildman–Crippen MR) is 73.9 cm³/mol. The van der Waals surface area contributed by atoms with E-state index in [4.69, 9.17) is 4.52 Å². The summed E-state index contributed by atoms with van der Waals surface area (Å²) in [6.45, 7) is 1.90. The Hall–Kier alpha value is -1.93. The van der Waals surface area contributed by atoms with Crippen molar-refractivity contribution in [1.82, 2.24) is 14.9 Å². The number of rotatable bonds is 6. The molecule has 0 bridgehead atoms. The molecule has 0 fully saturated rings. The molecule has 8 heteroatoms. The summed E-state index contributed by atoms with van der Waals surface area (Å²) in [5, 5.41) is 6.63. The van der Waals surface area contributed by atoms with Crippen LogP contribution in [0.25, 0.3) is 0 Å². The van der Waals surface area contributed by atoms with Crippen LogP contribution < -0.4 is 10.0 Å². The van der Waals surface area contributed by atoms with E-state index < -0.39 is 10.0 Å². The average Bonchev–Trinajstić information content (AvgIpc) is 2.84. The minimum atomic E-state index is -3.51. The van der Waals surface area contributed by atoms with Gasteiger partial charge in [-0.3, -0.25) is 0 Å². The van der Waals surface area contributed by atoms with Crippen LogP contribution in [0.1, 0.15) is 11.7 Å². The van der Waals surface area contributed by atoms with Gasteiger partial charge in [-0.1, -0.05) is 5.16 Å². The van der Waals surface area contributed by atoms with E-state index in [9.17, 15) is 8.42 Å². The van der Waals surface area contributed by atoms with Gasteiger partial charge in [0.1, 0.15) is 0 Å². The molecule has 20 heavy (non-hydrogen) atoms. The van der Waals surface area contributed by atoms with Crippen LogP contribution in [0.3, 0.4) is 0 Å². The van der Waals surface area contributed by atoms with Gasteiger partial charge in [0.05, 0.1) is 4.90 Å². The van der Waals surface area contributed by atoms with E-state index in [1.807, 2.05) is 0 Å². The zero-order valence-corrected chi connectivity index (χ0v) is 12.1. The molecule has 2 N–H and O–H groups in total. The lowest BCUT2D eigenvalue weighted by atomic mass is 10.3. The van der Waals surface area contributed by atoms with E-state index in [2.05, 4.69) is 20.2 Å². The van der Waals surface area contributed by atoms with Crippen molar-refractivity contribution in [2.75, 3.05) is 18.9 Å². The van der Waals surface area contributed by atoms with E-state index in [1.54, 1.807) is 38.2 Å². The number of benzene rings is 1. The molecule has 0 saturated carbocycles. The first-order valence-electron chi connectivity index (χ1n) is 6.08. The largest absolute Gasteiger partial charge is 0.388 e. The highest BCUT2D eigenvalue weighted by Gasteiger charge is 2.13. The van der Waals surface area contributed by atoms with Crippen molar-refractivity contribution in [2.45, 2.75) is 18.2 Å². The maximum absolute atomic E-state index is 12.0. The third kappa shape index (κ3) is 3.55. The van der Waals surface area contributed by atoms with E-state index in [0.717, 1.165) is 5.69 Å². The predicted octanol–water partition coefficient (Wildman–Crippen LogP) is 0.941. The molecule has 0 radical (unpaired) electrons. The van der Waals surface area contributed by atoms with Crippen LogP contribution in [0.15, 0.2) is 33.7 Å². The summed E-state index contributed by atoms with van der Waals surface area (Å²) < 4.78 is 31.4. The van der Waals surface area contributed by atoms with Crippen LogP contribution >= 0.6 is 0 Å². The van der Waals surface area contributed by atoms with Crippen molar-refractivity contribution >= 4 is 15.7 Å². The maximum atomic E-state index is 12.0. The molecule has 1 aromatic carbocycles. The lowest BCUT2D eigenvalue weighted by molar-refractivity contribution is 0.387. The first-order valence-corrected chi connectivity index (χ1v) is 7.56. The number of nitrogens with one attached hydrogen (secondary N) is 2. The monoisotopic (exact) mass is 296 g/mol. The molecule has 0 saturated heterocycles. The lowest BCUT2D eigenvalue weighted by Crippen LogP contribution is -2.26. The average molecular weight is 296 g/mol. The summed E-state index contributed by atoms with van der Waals surface area (Å²) in [6.07, 6.45) is 0.380. The minimum absolute atomic E-state index is 0.217. The molecule has 0 amide bonds. The molecule has 0 spiro atoms. The molecular weight excluding hydrogens is 280 g/mol. The number of aromatic nitrogens is 2. The molecule has 0 aliphatic carbocycles. The smallest absolute Gasteiger partial charge is 0.240 e. The van der Waals surface area contributed by atoms with Crippen LogP contribution in [0.2, 0.25) is 0 Å². The van der Waals surface area contributed by atoms with Crippen molar-refractivity contribution in [3.63, 3.8) is 0 Å². The minimum Gasteiger partial charge on any atom is -0.388 e. The number of hydrogen-bond donors (Lipinski definition) is 2. The highest BCUT2D eigenvalue weighted by atomic mass is 32.2. The lowest BCUT2D eigenvalue weighted by Gasteiger charge is -2.06. The Balaban J connectivity index is 1.96. The molecule has 0 aliphatic rings. The van der Waals surface area contributed by atoms with Gasteiger partial charge in [-0.05, 0) is 24.3 Å². The number of anilines is 1. The van der Waals surface area contributed by atoms with Crippen LogP contribution in [0, 0.1) is 6.92 Å². The molecule has 7 nitrogen and oxygen atoms in total. The zero-order chi connectivity index (χ0) is 14.6. The van der Waals surface area contributed by atoms with Gasteiger partial charge in [0.15, 0.2) is 5.82 Å². The fourth-order valence-corrected chi connectivity index (χ4v) is 2.66. The van der Waals surface area contributed by atoms with E-state index in [0.29, 0.717) is 18.1 Å². The van der Waals surface area contributed by atoms with Crippen LogP contribution in [-0.4, -0.2) is 32.2 Å². The summed E-state index contributed by atoms with van der Waals surface area (Å²) in [5.74, 6) is 0.946. The number of hydrogen-bond acceptors (Lipinski definition) is 6. The second kappa shape index (κ2) is 6.02. The fraction of sp³-hybridized carbons (Fsp3) is 0.333. The van der Waals surface area contributed by atoms with Gasteiger partial charge in [-0.25, -0.2) is 13.1 Å². The SMILES string of the molecule is CNc1ccc(S(=O)(=O)NCCc2noc(C)n2)cc1. The third-order valence-electron chi connectivity index (χ3n) is 2.66. The zero-order valence-electron chi connectivity index (χ0n) is 11.3. The Morgan fingerprint density at radius 3 is 2.50 bits per heavy atom. The standard InChI is InChI=1S/C12H16N4O3S/c1-9-15-12(16-19-9)7-8-14-20(17,18)11-5-3-10(13-2)4-6-11/h3-6,13-14H,7-8H2,1-2H3. The molecular formula is C12H16N4O3S. The van der Waals surface area contributed by atoms with Crippen LogP contribution in [0.4, 0.5) is 5.69 Å². The highest BCUT2D eigenvalue weighted by molar-refractivity contribution is 7.89.